The normalized spacial score (nSPS) is 19.7. The summed E-state index contributed by atoms with van der Waals surface area (Å²) in [5, 5.41) is 8.90. The Morgan fingerprint density at radius 2 is 2.24 bits per heavy atom. The maximum atomic E-state index is 11.7. The maximum absolute atomic E-state index is 11.7. The first kappa shape index (κ1) is 11.5. The van der Waals surface area contributed by atoms with Crippen molar-refractivity contribution in [3.63, 3.8) is 0 Å². The van der Waals surface area contributed by atoms with E-state index in [2.05, 4.69) is 6.07 Å². The number of anilines is 1. The van der Waals surface area contributed by atoms with Crippen LogP contribution in [0.15, 0.2) is 18.2 Å². The molecular formula is C13H14N2O2. The minimum Gasteiger partial charge on any atom is -0.448 e. The third-order valence-corrected chi connectivity index (χ3v) is 2.87. The van der Waals surface area contributed by atoms with Crippen LogP contribution < -0.4 is 4.90 Å². The van der Waals surface area contributed by atoms with Gasteiger partial charge in [0.2, 0.25) is 0 Å². The number of carbonyl (C=O) groups excluding carboxylic acids is 1. The average molecular weight is 230 g/mol. The smallest absolute Gasteiger partial charge is 0.414 e. The Morgan fingerprint density at radius 3 is 2.94 bits per heavy atom. The van der Waals surface area contributed by atoms with Crippen LogP contribution in [-0.4, -0.2) is 19.2 Å². The number of carbonyl (C=O) groups is 1. The summed E-state index contributed by atoms with van der Waals surface area (Å²) in [4.78, 5) is 13.3. The highest BCUT2D eigenvalue weighted by Gasteiger charge is 2.29. The number of nitriles is 1. The molecule has 0 aromatic heterocycles. The van der Waals surface area contributed by atoms with E-state index in [9.17, 15) is 4.79 Å². The molecule has 2 rings (SSSR count). The quantitative estimate of drug-likeness (QED) is 0.744. The van der Waals surface area contributed by atoms with E-state index in [0.717, 1.165) is 16.8 Å². The van der Waals surface area contributed by atoms with E-state index in [1.54, 1.807) is 4.90 Å². The van der Waals surface area contributed by atoms with E-state index >= 15 is 0 Å². The number of cyclic esters (lactones) is 1. The first-order valence-electron chi connectivity index (χ1n) is 5.53. The standard InChI is InChI=1S/C13H14N2O2/c1-9-3-4-10(2)12(5-9)15-7-11(6-14)8-17-13(15)16/h3-5,11H,7-8H2,1-2H3. The molecule has 1 aliphatic rings. The number of ether oxygens (including phenoxy) is 1. The fourth-order valence-electron chi connectivity index (χ4n) is 1.88. The number of hydrogen-bond acceptors (Lipinski definition) is 3. The van der Waals surface area contributed by atoms with Crippen LogP contribution in [0.2, 0.25) is 0 Å². The minimum absolute atomic E-state index is 0.191. The van der Waals surface area contributed by atoms with Gasteiger partial charge in [-0.25, -0.2) is 4.79 Å². The van der Waals surface area contributed by atoms with Gasteiger partial charge in [-0.1, -0.05) is 12.1 Å². The number of rotatable bonds is 1. The van der Waals surface area contributed by atoms with E-state index < -0.39 is 0 Å². The van der Waals surface area contributed by atoms with Gasteiger partial charge >= 0.3 is 6.09 Å². The van der Waals surface area contributed by atoms with Gasteiger partial charge in [0, 0.05) is 6.54 Å². The summed E-state index contributed by atoms with van der Waals surface area (Å²) >= 11 is 0. The highest BCUT2D eigenvalue weighted by Crippen LogP contribution is 2.25. The largest absolute Gasteiger partial charge is 0.448 e. The summed E-state index contributed by atoms with van der Waals surface area (Å²) in [7, 11) is 0. The highest BCUT2D eigenvalue weighted by molar-refractivity contribution is 5.89. The van der Waals surface area contributed by atoms with Gasteiger partial charge in [-0.15, -0.1) is 0 Å². The molecule has 1 fully saturated rings. The van der Waals surface area contributed by atoms with Gasteiger partial charge in [0.05, 0.1) is 17.7 Å². The molecule has 17 heavy (non-hydrogen) atoms. The van der Waals surface area contributed by atoms with Gasteiger partial charge in [-0.05, 0) is 31.0 Å². The lowest BCUT2D eigenvalue weighted by Gasteiger charge is -2.30. The Bertz CT molecular complexity index is 491. The number of aryl methyl sites for hydroxylation is 2. The zero-order chi connectivity index (χ0) is 12.4. The van der Waals surface area contributed by atoms with Crippen LogP contribution in [0.25, 0.3) is 0 Å². The molecule has 0 spiro atoms. The van der Waals surface area contributed by atoms with Gasteiger partial charge in [-0.3, -0.25) is 4.90 Å². The summed E-state index contributed by atoms with van der Waals surface area (Å²) in [6.07, 6.45) is -0.370. The van der Waals surface area contributed by atoms with E-state index in [0.29, 0.717) is 6.54 Å². The fourth-order valence-corrected chi connectivity index (χ4v) is 1.88. The van der Waals surface area contributed by atoms with E-state index in [1.807, 2.05) is 32.0 Å². The van der Waals surface area contributed by atoms with Crippen molar-refractivity contribution in [3.05, 3.63) is 29.3 Å². The lowest BCUT2D eigenvalue weighted by atomic mass is 10.1. The van der Waals surface area contributed by atoms with Crippen LogP contribution in [-0.2, 0) is 4.74 Å². The van der Waals surface area contributed by atoms with Gasteiger partial charge < -0.3 is 4.74 Å². The number of nitrogens with zero attached hydrogens (tertiary/aromatic N) is 2. The lowest BCUT2D eigenvalue weighted by molar-refractivity contribution is 0.127. The molecule has 1 amide bonds. The summed E-state index contributed by atoms with van der Waals surface area (Å²) in [6.45, 7) is 4.51. The van der Waals surface area contributed by atoms with Gasteiger partial charge in [0.25, 0.3) is 0 Å². The summed E-state index contributed by atoms with van der Waals surface area (Å²) in [5.74, 6) is -0.257. The first-order valence-corrected chi connectivity index (χ1v) is 5.53. The monoisotopic (exact) mass is 230 g/mol. The topological polar surface area (TPSA) is 53.3 Å². The van der Waals surface area contributed by atoms with E-state index in [-0.39, 0.29) is 18.6 Å². The molecule has 1 aromatic rings. The fraction of sp³-hybridized carbons (Fsp3) is 0.385. The van der Waals surface area contributed by atoms with Gasteiger partial charge in [0.1, 0.15) is 6.61 Å². The molecule has 0 N–H and O–H groups in total. The number of amides is 1. The van der Waals surface area contributed by atoms with Crippen LogP contribution >= 0.6 is 0 Å². The Morgan fingerprint density at radius 1 is 1.47 bits per heavy atom. The minimum atomic E-state index is -0.370. The molecule has 1 aliphatic heterocycles. The molecule has 88 valence electrons. The van der Waals surface area contributed by atoms with Crippen molar-refractivity contribution in [2.24, 2.45) is 5.92 Å². The van der Waals surface area contributed by atoms with Crippen LogP contribution in [0.1, 0.15) is 11.1 Å². The van der Waals surface area contributed by atoms with Crippen LogP contribution in [0, 0.1) is 31.1 Å². The molecule has 1 heterocycles. The molecule has 1 atom stereocenters. The number of benzene rings is 1. The summed E-state index contributed by atoms with van der Waals surface area (Å²) in [6, 6.07) is 8.04. The Labute approximate surface area is 100 Å². The highest BCUT2D eigenvalue weighted by atomic mass is 16.6. The van der Waals surface area contributed by atoms with Crippen molar-refractivity contribution in [1.82, 2.24) is 0 Å². The number of hydrogen-bond donors (Lipinski definition) is 0. The molecule has 0 aliphatic carbocycles. The predicted octanol–water partition coefficient (Wildman–Crippen LogP) is 2.40. The molecule has 4 heteroatoms. The van der Waals surface area contributed by atoms with Crippen molar-refractivity contribution in [3.8, 4) is 6.07 Å². The van der Waals surface area contributed by atoms with Gasteiger partial charge in [0.15, 0.2) is 0 Å². The van der Waals surface area contributed by atoms with Crippen molar-refractivity contribution >= 4 is 11.8 Å². The Kier molecular flexibility index (Phi) is 3.01. The second kappa shape index (κ2) is 4.46. The predicted molar refractivity (Wildman–Crippen MR) is 63.7 cm³/mol. The van der Waals surface area contributed by atoms with Crippen molar-refractivity contribution in [2.75, 3.05) is 18.1 Å². The molecule has 1 saturated heterocycles. The SMILES string of the molecule is Cc1ccc(C)c(N2CC(C#N)COC2=O)c1. The van der Waals surface area contributed by atoms with E-state index in [4.69, 9.17) is 10.00 Å². The van der Waals surface area contributed by atoms with Crippen LogP contribution in [0.4, 0.5) is 10.5 Å². The molecule has 1 unspecified atom stereocenters. The molecule has 0 bridgehead atoms. The third-order valence-electron chi connectivity index (χ3n) is 2.87. The first-order chi connectivity index (χ1) is 8.11. The van der Waals surface area contributed by atoms with Crippen LogP contribution in [0.3, 0.4) is 0 Å². The third kappa shape index (κ3) is 2.23. The molecular weight excluding hydrogens is 216 g/mol. The molecule has 0 saturated carbocycles. The second-order valence-corrected chi connectivity index (χ2v) is 4.30. The van der Waals surface area contributed by atoms with Crippen molar-refractivity contribution < 1.29 is 9.53 Å². The molecule has 1 aromatic carbocycles. The molecule has 0 radical (unpaired) electrons. The van der Waals surface area contributed by atoms with E-state index in [1.165, 1.54) is 0 Å². The zero-order valence-corrected chi connectivity index (χ0v) is 9.93. The summed E-state index contributed by atoms with van der Waals surface area (Å²) < 4.78 is 5.01. The van der Waals surface area contributed by atoms with Crippen LogP contribution in [0.5, 0.6) is 0 Å². The van der Waals surface area contributed by atoms with Gasteiger partial charge in [-0.2, -0.15) is 5.26 Å². The Balaban J connectivity index is 2.34. The zero-order valence-electron chi connectivity index (χ0n) is 9.93. The maximum Gasteiger partial charge on any atom is 0.414 e. The van der Waals surface area contributed by atoms with Crippen molar-refractivity contribution in [1.29, 1.82) is 5.26 Å². The Hall–Kier alpha value is -2.02. The second-order valence-electron chi connectivity index (χ2n) is 4.30. The van der Waals surface area contributed by atoms with Crippen molar-refractivity contribution in [2.45, 2.75) is 13.8 Å². The molecule has 4 nitrogen and oxygen atoms in total. The summed E-state index contributed by atoms with van der Waals surface area (Å²) in [5.41, 5.74) is 2.92. The average Bonchev–Trinajstić information content (AvgIpc) is 2.33. The lowest BCUT2D eigenvalue weighted by Crippen LogP contribution is -2.43.